The van der Waals surface area contributed by atoms with Gasteiger partial charge in [-0.3, -0.25) is 9.59 Å². The van der Waals surface area contributed by atoms with Crippen LogP contribution in [0.3, 0.4) is 0 Å². The SMILES string of the molecule is COc1cc(Cl)c(NC(=O)C(N=Nc2cccc(Cl)c2C)C(C)=O)cc1OC. The quantitative estimate of drug-likeness (QED) is 0.501. The van der Waals surface area contributed by atoms with Gasteiger partial charge in [-0.15, -0.1) is 0 Å². The van der Waals surface area contributed by atoms with Gasteiger partial charge < -0.3 is 14.8 Å². The fraction of sp³-hybridized carbons (Fsp3) is 0.263. The highest BCUT2D eigenvalue weighted by atomic mass is 35.5. The summed E-state index contributed by atoms with van der Waals surface area (Å²) >= 11 is 12.2. The second-order valence-corrected chi connectivity index (χ2v) is 6.60. The minimum absolute atomic E-state index is 0.218. The van der Waals surface area contributed by atoms with E-state index in [0.29, 0.717) is 27.8 Å². The first-order valence-electron chi connectivity index (χ1n) is 8.17. The van der Waals surface area contributed by atoms with Crippen molar-refractivity contribution in [3.63, 3.8) is 0 Å². The third-order valence-electron chi connectivity index (χ3n) is 3.88. The molecule has 9 heteroatoms. The molecule has 1 atom stereocenters. The largest absolute Gasteiger partial charge is 0.493 e. The average molecular weight is 424 g/mol. The van der Waals surface area contributed by atoms with Crippen LogP contribution in [0.2, 0.25) is 10.0 Å². The lowest BCUT2D eigenvalue weighted by atomic mass is 10.2. The molecule has 1 amide bonds. The zero-order valence-electron chi connectivity index (χ0n) is 15.7. The third kappa shape index (κ3) is 4.99. The van der Waals surface area contributed by atoms with Gasteiger partial charge >= 0.3 is 0 Å². The zero-order chi connectivity index (χ0) is 20.8. The number of ether oxygens (including phenoxy) is 2. The van der Waals surface area contributed by atoms with E-state index in [1.54, 1.807) is 25.1 Å². The van der Waals surface area contributed by atoms with Crippen molar-refractivity contribution in [1.82, 2.24) is 0 Å². The molecule has 28 heavy (non-hydrogen) atoms. The monoisotopic (exact) mass is 423 g/mol. The van der Waals surface area contributed by atoms with Crippen LogP contribution in [0.25, 0.3) is 0 Å². The number of ketones is 1. The van der Waals surface area contributed by atoms with Gasteiger partial charge in [-0.25, -0.2) is 0 Å². The summed E-state index contributed by atoms with van der Waals surface area (Å²) in [5.74, 6) is -0.370. The molecule has 2 aromatic carbocycles. The Kier molecular flexibility index (Phi) is 7.37. The number of hydrogen-bond donors (Lipinski definition) is 1. The number of nitrogens with zero attached hydrogens (tertiary/aromatic N) is 2. The van der Waals surface area contributed by atoms with E-state index in [1.165, 1.54) is 33.3 Å². The van der Waals surface area contributed by atoms with Gasteiger partial charge in [0.1, 0.15) is 0 Å². The number of anilines is 1. The molecule has 0 spiro atoms. The summed E-state index contributed by atoms with van der Waals surface area (Å²) in [7, 11) is 2.92. The molecule has 0 heterocycles. The Morgan fingerprint density at radius 3 is 2.32 bits per heavy atom. The number of azo groups is 1. The van der Waals surface area contributed by atoms with Crippen LogP contribution >= 0.6 is 23.2 Å². The predicted molar refractivity (Wildman–Crippen MR) is 108 cm³/mol. The maximum Gasteiger partial charge on any atom is 0.258 e. The van der Waals surface area contributed by atoms with Gasteiger partial charge in [0.25, 0.3) is 5.91 Å². The summed E-state index contributed by atoms with van der Waals surface area (Å²) in [6.07, 6.45) is 0. The van der Waals surface area contributed by atoms with Gasteiger partial charge in [0.05, 0.1) is 30.6 Å². The van der Waals surface area contributed by atoms with Crippen molar-refractivity contribution in [2.24, 2.45) is 10.2 Å². The molecule has 1 unspecified atom stereocenters. The highest BCUT2D eigenvalue weighted by Crippen LogP contribution is 2.36. The standard InChI is InChI=1S/C19H19Cl2N3O4/c1-10-12(20)6-5-7-14(10)23-24-18(11(2)25)19(26)22-15-9-17(28-4)16(27-3)8-13(15)21/h5-9,18H,1-4H3,(H,22,26). The Balaban J connectivity index is 2.28. The number of carbonyl (C=O) groups excluding carboxylic acids is 2. The first-order chi connectivity index (χ1) is 13.3. The lowest BCUT2D eigenvalue weighted by Gasteiger charge is -2.14. The Morgan fingerprint density at radius 2 is 1.71 bits per heavy atom. The number of rotatable bonds is 7. The summed E-state index contributed by atoms with van der Waals surface area (Å²) in [4.78, 5) is 24.5. The van der Waals surface area contributed by atoms with E-state index < -0.39 is 17.7 Å². The normalized spacial score (nSPS) is 11.9. The number of Topliss-reactive ketones (excluding diaryl/α,β-unsaturated/α-hetero) is 1. The van der Waals surface area contributed by atoms with Crippen molar-refractivity contribution in [3.8, 4) is 11.5 Å². The van der Waals surface area contributed by atoms with Crippen molar-refractivity contribution in [1.29, 1.82) is 0 Å². The van der Waals surface area contributed by atoms with E-state index in [4.69, 9.17) is 32.7 Å². The van der Waals surface area contributed by atoms with Crippen LogP contribution in [0.4, 0.5) is 11.4 Å². The topological polar surface area (TPSA) is 89.4 Å². The molecule has 0 fully saturated rings. The van der Waals surface area contributed by atoms with E-state index >= 15 is 0 Å². The van der Waals surface area contributed by atoms with Crippen molar-refractivity contribution in [2.75, 3.05) is 19.5 Å². The van der Waals surface area contributed by atoms with Gasteiger partial charge in [-0.2, -0.15) is 10.2 Å². The Morgan fingerprint density at radius 1 is 1.07 bits per heavy atom. The van der Waals surface area contributed by atoms with Crippen molar-refractivity contribution < 1.29 is 19.1 Å². The Bertz CT molecular complexity index is 932. The van der Waals surface area contributed by atoms with Gasteiger partial charge in [0, 0.05) is 17.2 Å². The zero-order valence-corrected chi connectivity index (χ0v) is 17.3. The maximum atomic E-state index is 12.6. The second kappa shape index (κ2) is 9.52. The van der Waals surface area contributed by atoms with Crippen molar-refractivity contribution in [3.05, 3.63) is 45.9 Å². The predicted octanol–water partition coefficient (Wildman–Crippen LogP) is 5.00. The molecule has 0 aliphatic heterocycles. The lowest BCUT2D eigenvalue weighted by molar-refractivity contribution is -0.126. The third-order valence-corrected chi connectivity index (χ3v) is 4.61. The first-order valence-corrected chi connectivity index (χ1v) is 8.92. The minimum atomic E-state index is -1.34. The molecule has 0 aliphatic carbocycles. The fourth-order valence-electron chi connectivity index (χ4n) is 2.29. The van der Waals surface area contributed by atoms with Gasteiger partial charge in [-0.05, 0) is 31.5 Å². The summed E-state index contributed by atoms with van der Waals surface area (Å²) in [6, 6.07) is 6.75. The average Bonchev–Trinajstić information content (AvgIpc) is 2.66. The summed E-state index contributed by atoms with van der Waals surface area (Å²) < 4.78 is 10.3. The molecular formula is C19H19Cl2N3O4. The maximum absolute atomic E-state index is 12.6. The highest BCUT2D eigenvalue weighted by Gasteiger charge is 2.24. The van der Waals surface area contributed by atoms with Gasteiger partial charge in [0.2, 0.25) is 6.04 Å². The Labute approximate surface area is 172 Å². The smallest absolute Gasteiger partial charge is 0.258 e. The minimum Gasteiger partial charge on any atom is -0.493 e. The van der Waals surface area contributed by atoms with Crippen LogP contribution in [0, 0.1) is 6.92 Å². The highest BCUT2D eigenvalue weighted by molar-refractivity contribution is 6.34. The van der Waals surface area contributed by atoms with Crippen LogP contribution in [-0.2, 0) is 9.59 Å². The van der Waals surface area contributed by atoms with E-state index in [0.717, 1.165) is 0 Å². The van der Waals surface area contributed by atoms with Crippen LogP contribution in [-0.4, -0.2) is 32.0 Å². The second-order valence-electron chi connectivity index (χ2n) is 5.79. The number of amides is 1. The fourth-order valence-corrected chi connectivity index (χ4v) is 2.66. The van der Waals surface area contributed by atoms with E-state index in [2.05, 4.69) is 15.5 Å². The van der Waals surface area contributed by atoms with E-state index in [9.17, 15) is 9.59 Å². The van der Waals surface area contributed by atoms with Crippen LogP contribution < -0.4 is 14.8 Å². The molecule has 148 valence electrons. The van der Waals surface area contributed by atoms with E-state index in [-0.39, 0.29) is 10.7 Å². The van der Waals surface area contributed by atoms with Crippen molar-refractivity contribution >= 4 is 46.3 Å². The summed E-state index contributed by atoms with van der Waals surface area (Å²) in [6.45, 7) is 3.02. The number of benzene rings is 2. The van der Waals surface area contributed by atoms with E-state index in [1.807, 2.05) is 0 Å². The molecule has 2 aromatic rings. The first kappa shape index (κ1) is 21.7. The number of hydrogen-bond acceptors (Lipinski definition) is 6. The molecule has 0 saturated heterocycles. The molecule has 0 aliphatic rings. The molecule has 0 aromatic heterocycles. The van der Waals surface area contributed by atoms with Crippen LogP contribution in [0.15, 0.2) is 40.6 Å². The number of nitrogens with one attached hydrogen (secondary N) is 1. The van der Waals surface area contributed by atoms with Crippen LogP contribution in [0.1, 0.15) is 12.5 Å². The number of carbonyl (C=O) groups is 2. The van der Waals surface area contributed by atoms with Gasteiger partial charge in [0.15, 0.2) is 17.3 Å². The number of halogens is 2. The lowest BCUT2D eigenvalue weighted by Crippen LogP contribution is -2.32. The molecular weight excluding hydrogens is 405 g/mol. The molecule has 7 nitrogen and oxygen atoms in total. The Hall–Kier alpha value is -2.64. The summed E-state index contributed by atoms with van der Waals surface area (Å²) in [5, 5.41) is 11.2. The van der Waals surface area contributed by atoms with Crippen LogP contribution in [0.5, 0.6) is 11.5 Å². The molecule has 2 rings (SSSR count). The summed E-state index contributed by atoms with van der Waals surface area (Å²) in [5.41, 5.74) is 1.42. The van der Waals surface area contributed by atoms with Gasteiger partial charge in [-0.1, -0.05) is 29.3 Å². The molecule has 0 saturated carbocycles. The molecule has 1 N–H and O–H groups in total. The molecule has 0 radical (unpaired) electrons. The molecule has 0 bridgehead atoms. The number of methoxy groups -OCH3 is 2. The van der Waals surface area contributed by atoms with Crippen molar-refractivity contribution in [2.45, 2.75) is 19.9 Å².